The van der Waals surface area contributed by atoms with Crippen LogP contribution in [0.2, 0.25) is 0 Å². The molecule has 0 radical (unpaired) electrons. The SMILES string of the molecule is C[C@H]1CC2(CCN(CCC(C)(C)C)CC2)c2ccccc21. The van der Waals surface area contributed by atoms with Crippen LogP contribution < -0.4 is 0 Å². The lowest BCUT2D eigenvalue weighted by Gasteiger charge is -2.41. The van der Waals surface area contributed by atoms with E-state index in [2.05, 4.69) is 56.9 Å². The molecule has 0 aromatic heterocycles. The van der Waals surface area contributed by atoms with E-state index in [0.717, 1.165) is 5.92 Å². The van der Waals surface area contributed by atoms with Crippen molar-refractivity contribution in [1.82, 2.24) is 4.90 Å². The molecule has 1 spiro atoms. The molecule has 1 aliphatic carbocycles. The van der Waals surface area contributed by atoms with Gasteiger partial charge in [0.1, 0.15) is 0 Å². The number of likely N-dealkylation sites (tertiary alicyclic amines) is 1. The van der Waals surface area contributed by atoms with Crippen LogP contribution in [0.1, 0.15) is 70.4 Å². The summed E-state index contributed by atoms with van der Waals surface area (Å²) >= 11 is 0. The van der Waals surface area contributed by atoms with E-state index < -0.39 is 0 Å². The van der Waals surface area contributed by atoms with Crippen molar-refractivity contribution in [3.63, 3.8) is 0 Å². The first-order chi connectivity index (χ1) is 9.90. The maximum atomic E-state index is 2.70. The first-order valence-electron chi connectivity index (χ1n) is 8.71. The van der Waals surface area contributed by atoms with Crippen molar-refractivity contribution < 1.29 is 0 Å². The van der Waals surface area contributed by atoms with Gasteiger partial charge in [0.05, 0.1) is 0 Å². The van der Waals surface area contributed by atoms with Crippen LogP contribution in [0.4, 0.5) is 0 Å². The van der Waals surface area contributed by atoms with E-state index >= 15 is 0 Å². The fourth-order valence-corrected chi connectivity index (χ4v) is 4.39. The Morgan fingerprint density at radius 2 is 1.81 bits per heavy atom. The number of nitrogens with zero attached hydrogens (tertiary/aromatic N) is 1. The van der Waals surface area contributed by atoms with Gasteiger partial charge in [0, 0.05) is 0 Å². The molecule has 1 atom stereocenters. The minimum Gasteiger partial charge on any atom is -0.303 e. The highest BCUT2D eigenvalue weighted by atomic mass is 15.1. The zero-order valence-corrected chi connectivity index (χ0v) is 14.3. The summed E-state index contributed by atoms with van der Waals surface area (Å²) in [5.74, 6) is 0.752. The van der Waals surface area contributed by atoms with Crippen LogP contribution in [0, 0.1) is 5.41 Å². The third-order valence-corrected chi connectivity index (χ3v) is 5.75. The van der Waals surface area contributed by atoms with E-state index in [4.69, 9.17) is 0 Å². The van der Waals surface area contributed by atoms with Gasteiger partial charge < -0.3 is 4.90 Å². The molecule has 1 aliphatic heterocycles. The molecule has 1 saturated heterocycles. The van der Waals surface area contributed by atoms with Crippen molar-refractivity contribution in [2.45, 2.75) is 64.7 Å². The average Bonchev–Trinajstić information content (AvgIpc) is 2.71. The third-order valence-electron chi connectivity index (χ3n) is 5.75. The average molecular weight is 285 g/mol. The molecule has 0 N–H and O–H groups in total. The summed E-state index contributed by atoms with van der Waals surface area (Å²) in [7, 11) is 0. The Bertz CT molecular complexity index is 489. The minimum atomic E-state index is 0.462. The fourth-order valence-electron chi connectivity index (χ4n) is 4.39. The summed E-state index contributed by atoms with van der Waals surface area (Å²) in [6, 6.07) is 9.22. The van der Waals surface area contributed by atoms with Crippen molar-refractivity contribution in [1.29, 1.82) is 0 Å². The summed E-state index contributed by atoms with van der Waals surface area (Å²) in [5, 5.41) is 0. The smallest absolute Gasteiger partial charge is 0.00102 e. The molecule has 2 aliphatic rings. The molecule has 0 saturated carbocycles. The lowest BCUT2D eigenvalue weighted by atomic mass is 9.73. The molecule has 1 fully saturated rings. The van der Waals surface area contributed by atoms with Crippen molar-refractivity contribution in [2.75, 3.05) is 19.6 Å². The van der Waals surface area contributed by atoms with Gasteiger partial charge in [0.2, 0.25) is 0 Å². The lowest BCUT2D eigenvalue weighted by Crippen LogP contribution is -2.42. The highest BCUT2D eigenvalue weighted by molar-refractivity contribution is 5.42. The third kappa shape index (κ3) is 3.04. The monoisotopic (exact) mass is 285 g/mol. The fraction of sp³-hybridized carbons (Fsp3) is 0.700. The Kier molecular flexibility index (Phi) is 3.90. The van der Waals surface area contributed by atoms with Gasteiger partial charge in [0.25, 0.3) is 0 Å². The van der Waals surface area contributed by atoms with Crippen LogP contribution in [0.25, 0.3) is 0 Å². The molecule has 3 rings (SSSR count). The van der Waals surface area contributed by atoms with Crippen LogP contribution in [-0.2, 0) is 5.41 Å². The minimum absolute atomic E-state index is 0.462. The Morgan fingerprint density at radius 3 is 2.48 bits per heavy atom. The first-order valence-corrected chi connectivity index (χ1v) is 8.71. The number of hydrogen-bond donors (Lipinski definition) is 0. The molecular formula is C20H31N. The summed E-state index contributed by atoms with van der Waals surface area (Å²) < 4.78 is 0. The van der Waals surface area contributed by atoms with Crippen LogP contribution in [0.15, 0.2) is 24.3 Å². The molecule has 0 unspecified atom stereocenters. The van der Waals surface area contributed by atoms with Crippen molar-refractivity contribution >= 4 is 0 Å². The summed E-state index contributed by atoms with van der Waals surface area (Å²) in [6.45, 7) is 13.3. The van der Waals surface area contributed by atoms with E-state index in [9.17, 15) is 0 Å². The Labute approximate surface area is 130 Å². The van der Waals surface area contributed by atoms with Gasteiger partial charge in [-0.15, -0.1) is 0 Å². The molecule has 116 valence electrons. The number of piperidine rings is 1. The molecule has 1 heteroatoms. The van der Waals surface area contributed by atoms with E-state index in [1.54, 1.807) is 11.1 Å². The van der Waals surface area contributed by atoms with Crippen molar-refractivity contribution in [3.8, 4) is 0 Å². The molecule has 1 nitrogen and oxygen atoms in total. The number of hydrogen-bond acceptors (Lipinski definition) is 1. The molecule has 0 amide bonds. The van der Waals surface area contributed by atoms with Gasteiger partial charge in [-0.2, -0.15) is 0 Å². The Hall–Kier alpha value is -0.820. The van der Waals surface area contributed by atoms with E-state index in [1.165, 1.54) is 45.3 Å². The predicted molar refractivity (Wildman–Crippen MR) is 90.9 cm³/mol. The predicted octanol–water partition coefficient (Wildman–Crippen LogP) is 4.96. The molecule has 1 aromatic carbocycles. The largest absolute Gasteiger partial charge is 0.303 e. The van der Waals surface area contributed by atoms with Crippen LogP contribution in [-0.4, -0.2) is 24.5 Å². The molecular weight excluding hydrogens is 254 g/mol. The standard InChI is InChI=1S/C20H31N/c1-16-15-20(18-8-6-5-7-17(16)18)10-13-21(14-11-20)12-9-19(2,3)4/h5-8,16H,9-15H2,1-4H3/t16-/m0/s1. The highest BCUT2D eigenvalue weighted by Crippen LogP contribution is 2.51. The second kappa shape index (κ2) is 5.43. The number of fused-ring (bicyclic) bond motifs is 2. The van der Waals surface area contributed by atoms with Gasteiger partial charge in [-0.1, -0.05) is 52.0 Å². The number of benzene rings is 1. The second-order valence-corrected chi connectivity index (χ2v) is 8.63. The molecule has 0 bridgehead atoms. The zero-order valence-electron chi connectivity index (χ0n) is 14.3. The van der Waals surface area contributed by atoms with Gasteiger partial charge in [-0.25, -0.2) is 0 Å². The zero-order chi connectivity index (χ0) is 15.1. The van der Waals surface area contributed by atoms with Gasteiger partial charge in [0.15, 0.2) is 0 Å². The molecule has 1 aromatic rings. The number of rotatable bonds is 2. The summed E-state index contributed by atoms with van der Waals surface area (Å²) in [6.07, 6.45) is 5.41. The van der Waals surface area contributed by atoms with Crippen molar-refractivity contribution in [3.05, 3.63) is 35.4 Å². The van der Waals surface area contributed by atoms with Gasteiger partial charge in [-0.05, 0) is 73.2 Å². The van der Waals surface area contributed by atoms with Crippen LogP contribution in [0.3, 0.4) is 0 Å². The van der Waals surface area contributed by atoms with E-state index in [-0.39, 0.29) is 0 Å². The maximum Gasteiger partial charge on any atom is -0.00102 e. The second-order valence-electron chi connectivity index (χ2n) is 8.63. The first kappa shape index (κ1) is 15.1. The lowest BCUT2D eigenvalue weighted by molar-refractivity contribution is 0.140. The van der Waals surface area contributed by atoms with E-state index in [1.807, 2.05) is 0 Å². The van der Waals surface area contributed by atoms with E-state index in [0.29, 0.717) is 10.8 Å². The summed E-state index contributed by atoms with van der Waals surface area (Å²) in [4.78, 5) is 2.70. The maximum absolute atomic E-state index is 2.70. The Balaban J connectivity index is 1.66. The quantitative estimate of drug-likeness (QED) is 0.742. The summed E-state index contributed by atoms with van der Waals surface area (Å²) in [5.41, 5.74) is 4.26. The molecule has 1 heterocycles. The van der Waals surface area contributed by atoms with Crippen LogP contribution >= 0.6 is 0 Å². The highest BCUT2D eigenvalue weighted by Gasteiger charge is 2.43. The normalized spacial score (nSPS) is 25.2. The topological polar surface area (TPSA) is 3.24 Å². The Morgan fingerprint density at radius 1 is 1.14 bits per heavy atom. The van der Waals surface area contributed by atoms with Gasteiger partial charge >= 0.3 is 0 Å². The van der Waals surface area contributed by atoms with Crippen LogP contribution in [0.5, 0.6) is 0 Å². The van der Waals surface area contributed by atoms with Crippen molar-refractivity contribution in [2.24, 2.45) is 5.41 Å². The molecule has 21 heavy (non-hydrogen) atoms. The van der Waals surface area contributed by atoms with Gasteiger partial charge in [-0.3, -0.25) is 0 Å².